The lowest BCUT2D eigenvalue weighted by Crippen LogP contribution is -2.23. The molecule has 0 spiro atoms. The second kappa shape index (κ2) is 5.43. The molecule has 66 valence electrons. The molecule has 0 aliphatic heterocycles. The van der Waals surface area contributed by atoms with Crippen LogP contribution in [-0.4, -0.2) is 25.0 Å². The second-order valence-corrected chi connectivity index (χ2v) is 3.16. The van der Waals surface area contributed by atoms with E-state index in [-0.39, 0.29) is 11.2 Å². The smallest absolute Gasteiger partial charge is 0.369 e. The minimum Gasteiger partial charge on any atom is -0.427 e. The summed E-state index contributed by atoms with van der Waals surface area (Å²) in [7, 11) is 1.53. The molecule has 0 aliphatic rings. The summed E-state index contributed by atoms with van der Waals surface area (Å²) >= 11 is 1.04. The minimum atomic E-state index is -0.421. The molecular weight excluding hydrogens is 164 g/mol. The Morgan fingerprint density at radius 2 is 2.00 bits per heavy atom. The van der Waals surface area contributed by atoms with Crippen LogP contribution in [0.1, 0.15) is 13.8 Å². The van der Waals surface area contributed by atoms with Gasteiger partial charge in [-0.25, -0.2) is 4.79 Å². The van der Waals surface area contributed by atoms with Crippen LogP contribution in [0.3, 0.4) is 0 Å². The molecule has 0 fully saturated rings. The van der Waals surface area contributed by atoms with Gasteiger partial charge >= 0.3 is 5.30 Å². The van der Waals surface area contributed by atoms with Crippen molar-refractivity contribution in [1.29, 1.82) is 0 Å². The zero-order chi connectivity index (χ0) is 8.85. The summed E-state index contributed by atoms with van der Waals surface area (Å²) in [6.45, 7) is 3.86. The fourth-order valence-corrected chi connectivity index (χ4v) is 0.790. The Morgan fingerprint density at radius 1 is 1.45 bits per heavy atom. The SMILES string of the molecule is COC(OC(=O)SC)C(C)C. The van der Waals surface area contributed by atoms with Crippen LogP contribution in [0.25, 0.3) is 0 Å². The summed E-state index contributed by atoms with van der Waals surface area (Å²) in [5.41, 5.74) is 0. The molecule has 0 radical (unpaired) electrons. The van der Waals surface area contributed by atoms with Crippen molar-refractivity contribution in [3.63, 3.8) is 0 Å². The van der Waals surface area contributed by atoms with E-state index in [1.54, 1.807) is 6.26 Å². The molecule has 11 heavy (non-hydrogen) atoms. The molecule has 3 nitrogen and oxygen atoms in total. The Morgan fingerprint density at radius 3 is 2.27 bits per heavy atom. The predicted octanol–water partition coefficient (Wildman–Crippen LogP) is 2.11. The number of ether oxygens (including phenoxy) is 2. The molecule has 0 aromatic rings. The third-order valence-electron chi connectivity index (χ3n) is 1.16. The third kappa shape index (κ3) is 4.27. The number of carbonyl (C=O) groups excluding carboxylic acids is 1. The van der Waals surface area contributed by atoms with Gasteiger partial charge in [0, 0.05) is 13.0 Å². The Kier molecular flexibility index (Phi) is 5.32. The van der Waals surface area contributed by atoms with Crippen LogP contribution in [0.5, 0.6) is 0 Å². The van der Waals surface area contributed by atoms with Crippen LogP contribution in [0.2, 0.25) is 0 Å². The van der Waals surface area contributed by atoms with Crippen LogP contribution in [-0.2, 0) is 9.47 Å². The average molecular weight is 178 g/mol. The molecule has 1 unspecified atom stereocenters. The van der Waals surface area contributed by atoms with Gasteiger partial charge in [-0.2, -0.15) is 0 Å². The van der Waals surface area contributed by atoms with Crippen LogP contribution < -0.4 is 0 Å². The highest BCUT2D eigenvalue weighted by Gasteiger charge is 2.16. The van der Waals surface area contributed by atoms with E-state index in [4.69, 9.17) is 9.47 Å². The van der Waals surface area contributed by atoms with Gasteiger partial charge in [0.05, 0.1) is 0 Å². The Bertz CT molecular complexity index is 125. The molecule has 0 saturated carbocycles. The first-order valence-electron chi connectivity index (χ1n) is 3.39. The van der Waals surface area contributed by atoms with Gasteiger partial charge in [-0.3, -0.25) is 0 Å². The minimum absolute atomic E-state index is 0.191. The highest BCUT2D eigenvalue weighted by atomic mass is 32.2. The predicted molar refractivity (Wildman–Crippen MR) is 45.6 cm³/mol. The maximum atomic E-state index is 10.7. The van der Waals surface area contributed by atoms with Crippen LogP contribution in [0.4, 0.5) is 4.79 Å². The zero-order valence-corrected chi connectivity index (χ0v) is 8.10. The van der Waals surface area contributed by atoms with E-state index in [0.717, 1.165) is 11.8 Å². The Balaban J connectivity index is 3.78. The van der Waals surface area contributed by atoms with Crippen molar-refractivity contribution in [1.82, 2.24) is 0 Å². The van der Waals surface area contributed by atoms with Crippen LogP contribution in [0.15, 0.2) is 0 Å². The number of thioether (sulfide) groups is 1. The van der Waals surface area contributed by atoms with Gasteiger partial charge in [-0.15, -0.1) is 0 Å². The monoisotopic (exact) mass is 178 g/mol. The maximum Gasteiger partial charge on any atom is 0.369 e. The number of methoxy groups -OCH3 is 1. The number of rotatable bonds is 3. The number of hydrogen-bond acceptors (Lipinski definition) is 4. The van der Waals surface area contributed by atoms with Gasteiger partial charge in [-0.1, -0.05) is 13.8 Å². The van der Waals surface area contributed by atoms with Gasteiger partial charge < -0.3 is 9.47 Å². The molecule has 0 aromatic heterocycles. The van der Waals surface area contributed by atoms with E-state index in [2.05, 4.69) is 0 Å². The van der Waals surface area contributed by atoms with Crippen molar-refractivity contribution in [3.05, 3.63) is 0 Å². The van der Waals surface area contributed by atoms with Gasteiger partial charge in [-0.05, 0) is 18.0 Å². The maximum absolute atomic E-state index is 10.7. The highest BCUT2D eigenvalue weighted by molar-refractivity contribution is 8.12. The van der Waals surface area contributed by atoms with E-state index in [0.29, 0.717) is 0 Å². The summed E-state index contributed by atoms with van der Waals surface area (Å²) < 4.78 is 9.84. The largest absolute Gasteiger partial charge is 0.427 e. The summed E-state index contributed by atoms with van der Waals surface area (Å²) in [6, 6.07) is 0. The van der Waals surface area contributed by atoms with Gasteiger partial charge in [0.2, 0.25) is 6.29 Å². The molecule has 0 heterocycles. The quantitative estimate of drug-likeness (QED) is 0.490. The molecule has 0 aliphatic carbocycles. The summed E-state index contributed by atoms with van der Waals surface area (Å²) in [4.78, 5) is 10.7. The van der Waals surface area contributed by atoms with Gasteiger partial charge in [0.15, 0.2) is 0 Å². The molecule has 4 heteroatoms. The van der Waals surface area contributed by atoms with Crippen LogP contribution in [0, 0.1) is 5.92 Å². The highest BCUT2D eigenvalue weighted by Crippen LogP contribution is 2.11. The molecule has 0 amide bonds. The lowest BCUT2D eigenvalue weighted by atomic mass is 10.2. The first-order valence-corrected chi connectivity index (χ1v) is 4.61. The topological polar surface area (TPSA) is 35.5 Å². The van der Waals surface area contributed by atoms with Gasteiger partial charge in [0.25, 0.3) is 0 Å². The molecule has 0 aromatic carbocycles. The molecule has 0 bridgehead atoms. The Labute approximate surface area is 71.4 Å². The molecule has 0 saturated heterocycles. The van der Waals surface area contributed by atoms with Crippen molar-refractivity contribution in [2.24, 2.45) is 5.92 Å². The van der Waals surface area contributed by atoms with Crippen molar-refractivity contribution in [2.75, 3.05) is 13.4 Å². The molecule has 0 rings (SSSR count). The summed E-state index contributed by atoms with van der Waals surface area (Å²) in [5.74, 6) is 0.191. The first-order chi connectivity index (χ1) is 5.11. The van der Waals surface area contributed by atoms with Crippen molar-refractivity contribution < 1.29 is 14.3 Å². The van der Waals surface area contributed by atoms with Crippen molar-refractivity contribution in [2.45, 2.75) is 20.1 Å². The lowest BCUT2D eigenvalue weighted by molar-refractivity contribution is -0.101. The lowest BCUT2D eigenvalue weighted by Gasteiger charge is -2.18. The van der Waals surface area contributed by atoms with Crippen LogP contribution >= 0.6 is 11.8 Å². The first kappa shape index (κ1) is 10.8. The van der Waals surface area contributed by atoms with E-state index in [9.17, 15) is 4.79 Å². The van der Waals surface area contributed by atoms with E-state index >= 15 is 0 Å². The van der Waals surface area contributed by atoms with Crippen molar-refractivity contribution >= 4 is 17.1 Å². The second-order valence-electron chi connectivity index (χ2n) is 2.42. The molecule has 1 atom stereocenters. The summed E-state index contributed by atoms with van der Waals surface area (Å²) in [5, 5.41) is -0.300. The zero-order valence-electron chi connectivity index (χ0n) is 7.29. The van der Waals surface area contributed by atoms with E-state index in [1.165, 1.54) is 7.11 Å². The van der Waals surface area contributed by atoms with Gasteiger partial charge in [0.1, 0.15) is 0 Å². The summed E-state index contributed by atoms with van der Waals surface area (Å²) in [6.07, 6.45) is 1.25. The fourth-order valence-electron chi connectivity index (χ4n) is 0.599. The molecule has 0 N–H and O–H groups in total. The van der Waals surface area contributed by atoms with E-state index < -0.39 is 6.29 Å². The number of carbonyl (C=O) groups is 1. The molecular formula is C7H14O3S. The third-order valence-corrected chi connectivity index (χ3v) is 1.59. The van der Waals surface area contributed by atoms with Crippen molar-refractivity contribution in [3.8, 4) is 0 Å². The Hall–Kier alpha value is -0.220. The average Bonchev–Trinajstić information content (AvgIpc) is 1.99. The fraction of sp³-hybridized carbons (Fsp3) is 0.857. The van der Waals surface area contributed by atoms with E-state index in [1.807, 2.05) is 13.8 Å². The normalized spacial score (nSPS) is 13.2. The number of hydrogen-bond donors (Lipinski definition) is 0. The standard InChI is InChI=1S/C7H14O3S/c1-5(2)6(9-3)10-7(8)11-4/h5-6H,1-4H3.